The number of nitrogens with zero attached hydrogens (tertiary/aromatic N) is 1. The normalized spacial score (nSPS) is 17.7. The van der Waals surface area contributed by atoms with Crippen molar-refractivity contribution in [2.75, 3.05) is 18.9 Å². The number of likely N-dealkylation sites (N-methyl/N-ethyl adjacent to an activating group) is 1. The lowest BCUT2D eigenvalue weighted by Crippen LogP contribution is -2.34. The number of fused-ring (bicyclic) bond motifs is 1. The third-order valence-corrected chi connectivity index (χ3v) is 4.31. The van der Waals surface area contributed by atoms with Crippen LogP contribution in [0.5, 0.6) is 0 Å². The van der Waals surface area contributed by atoms with Gasteiger partial charge in [0.15, 0.2) is 0 Å². The molecular formula is C16H22N2O. The molecule has 0 aromatic heterocycles. The molecule has 1 amide bonds. The zero-order valence-corrected chi connectivity index (χ0v) is 11.6. The summed E-state index contributed by atoms with van der Waals surface area (Å²) in [5.74, 6) is 0.205. The maximum Gasteiger partial charge on any atom is 0.241 e. The van der Waals surface area contributed by atoms with E-state index in [1.165, 1.54) is 43.2 Å². The van der Waals surface area contributed by atoms with Crippen LogP contribution in [0.3, 0.4) is 0 Å². The Balaban J connectivity index is 1.65. The van der Waals surface area contributed by atoms with E-state index < -0.39 is 0 Å². The van der Waals surface area contributed by atoms with Crippen LogP contribution >= 0.6 is 0 Å². The maximum absolute atomic E-state index is 12.0. The fraction of sp³-hybridized carbons (Fsp3) is 0.562. The van der Waals surface area contributed by atoms with E-state index in [-0.39, 0.29) is 5.91 Å². The Morgan fingerprint density at radius 3 is 2.89 bits per heavy atom. The molecule has 0 spiro atoms. The van der Waals surface area contributed by atoms with Gasteiger partial charge in [0.05, 0.1) is 6.54 Å². The van der Waals surface area contributed by atoms with E-state index in [4.69, 9.17) is 0 Å². The average Bonchev–Trinajstić information content (AvgIpc) is 3.28. The molecule has 1 aromatic rings. The van der Waals surface area contributed by atoms with Crippen molar-refractivity contribution in [1.82, 2.24) is 4.90 Å². The largest absolute Gasteiger partial charge is 0.376 e. The van der Waals surface area contributed by atoms with Crippen molar-refractivity contribution >= 4 is 11.6 Å². The predicted octanol–water partition coefficient (Wildman–Crippen LogP) is 2.60. The van der Waals surface area contributed by atoms with Gasteiger partial charge >= 0.3 is 0 Å². The number of benzene rings is 1. The van der Waals surface area contributed by atoms with Gasteiger partial charge in [-0.2, -0.15) is 0 Å². The van der Waals surface area contributed by atoms with Gasteiger partial charge in [0.1, 0.15) is 0 Å². The molecule has 0 atom stereocenters. The Bertz CT molecular complexity index is 480. The first-order valence-electron chi connectivity index (χ1n) is 7.36. The second-order valence-electron chi connectivity index (χ2n) is 5.74. The first kappa shape index (κ1) is 12.5. The van der Waals surface area contributed by atoms with Gasteiger partial charge in [0.25, 0.3) is 0 Å². The highest BCUT2D eigenvalue weighted by Crippen LogP contribution is 2.28. The van der Waals surface area contributed by atoms with Crippen molar-refractivity contribution in [2.24, 2.45) is 0 Å². The molecule has 3 nitrogen and oxygen atoms in total. The topological polar surface area (TPSA) is 32.3 Å². The summed E-state index contributed by atoms with van der Waals surface area (Å²) in [4.78, 5) is 13.9. The van der Waals surface area contributed by atoms with Crippen LogP contribution in [0.4, 0.5) is 5.69 Å². The second-order valence-corrected chi connectivity index (χ2v) is 5.74. The molecule has 3 heteroatoms. The van der Waals surface area contributed by atoms with Gasteiger partial charge in [-0.05, 0) is 55.7 Å². The molecule has 2 aliphatic carbocycles. The SMILES string of the molecule is CN(C(=O)CNc1cccc2c1CCCC2)C1CC1. The van der Waals surface area contributed by atoms with Gasteiger partial charge < -0.3 is 10.2 Å². The summed E-state index contributed by atoms with van der Waals surface area (Å²) >= 11 is 0. The molecule has 0 saturated heterocycles. The van der Waals surface area contributed by atoms with Crippen LogP contribution in [0.25, 0.3) is 0 Å². The summed E-state index contributed by atoms with van der Waals surface area (Å²) in [7, 11) is 1.92. The molecule has 1 N–H and O–H groups in total. The summed E-state index contributed by atoms with van der Waals surface area (Å²) in [6.07, 6.45) is 7.22. The summed E-state index contributed by atoms with van der Waals surface area (Å²) < 4.78 is 0. The molecule has 2 aliphatic rings. The molecule has 0 unspecified atom stereocenters. The van der Waals surface area contributed by atoms with E-state index in [1.54, 1.807) is 0 Å². The van der Waals surface area contributed by atoms with Gasteiger partial charge in [0, 0.05) is 18.8 Å². The number of nitrogens with one attached hydrogen (secondary N) is 1. The Morgan fingerprint density at radius 2 is 2.11 bits per heavy atom. The van der Waals surface area contributed by atoms with Crippen LogP contribution in [-0.4, -0.2) is 30.4 Å². The van der Waals surface area contributed by atoms with Gasteiger partial charge in [-0.15, -0.1) is 0 Å². The highest BCUT2D eigenvalue weighted by molar-refractivity contribution is 5.81. The predicted molar refractivity (Wildman–Crippen MR) is 77.4 cm³/mol. The van der Waals surface area contributed by atoms with Crippen LogP contribution < -0.4 is 5.32 Å². The molecule has 1 aromatic carbocycles. The first-order valence-corrected chi connectivity index (χ1v) is 7.36. The number of aryl methyl sites for hydroxylation is 1. The van der Waals surface area contributed by atoms with Crippen molar-refractivity contribution in [2.45, 2.75) is 44.6 Å². The van der Waals surface area contributed by atoms with Crippen LogP contribution in [0.1, 0.15) is 36.8 Å². The monoisotopic (exact) mass is 258 g/mol. The van der Waals surface area contributed by atoms with E-state index >= 15 is 0 Å². The standard InChI is InChI=1S/C16H22N2O/c1-18(13-9-10-13)16(19)11-17-15-8-4-6-12-5-2-3-7-14(12)15/h4,6,8,13,17H,2-3,5,7,9-11H2,1H3. The number of hydrogen-bond acceptors (Lipinski definition) is 2. The van der Waals surface area contributed by atoms with Gasteiger partial charge in [0.2, 0.25) is 5.91 Å². The maximum atomic E-state index is 12.0. The average molecular weight is 258 g/mol. The van der Waals surface area contributed by atoms with Gasteiger partial charge in [-0.1, -0.05) is 12.1 Å². The number of anilines is 1. The van der Waals surface area contributed by atoms with E-state index in [0.717, 1.165) is 12.1 Å². The minimum Gasteiger partial charge on any atom is -0.376 e. The van der Waals surface area contributed by atoms with Crippen molar-refractivity contribution < 1.29 is 4.79 Å². The number of rotatable bonds is 4. The fourth-order valence-corrected chi connectivity index (χ4v) is 2.91. The second kappa shape index (κ2) is 5.24. The number of amides is 1. The summed E-state index contributed by atoms with van der Waals surface area (Å²) in [6.45, 7) is 0.420. The summed E-state index contributed by atoms with van der Waals surface area (Å²) in [6, 6.07) is 6.92. The third-order valence-electron chi connectivity index (χ3n) is 4.31. The molecule has 0 heterocycles. The lowest BCUT2D eigenvalue weighted by atomic mass is 9.90. The summed E-state index contributed by atoms with van der Waals surface area (Å²) in [5.41, 5.74) is 4.05. The molecule has 102 valence electrons. The van der Waals surface area contributed by atoms with Crippen LogP contribution in [-0.2, 0) is 17.6 Å². The quantitative estimate of drug-likeness (QED) is 0.900. The highest BCUT2D eigenvalue weighted by atomic mass is 16.2. The van der Waals surface area contributed by atoms with Crippen LogP contribution in [0.15, 0.2) is 18.2 Å². The molecule has 0 radical (unpaired) electrons. The van der Waals surface area contributed by atoms with E-state index in [1.807, 2.05) is 11.9 Å². The minimum atomic E-state index is 0.205. The van der Waals surface area contributed by atoms with Crippen molar-refractivity contribution in [3.8, 4) is 0 Å². The minimum absolute atomic E-state index is 0.205. The Kier molecular flexibility index (Phi) is 3.45. The van der Waals surface area contributed by atoms with Crippen molar-refractivity contribution in [1.29, 1.82) is 0 Å². The Hall–Kier alpha value is -1.51. The number of carbonyl (C=O) groups is 1. The first-order chi connectivity index (χ1) is 9.25. The zero-order chi connectivity index (χ0) is 13.2. The van der Waals surface area contributed by atoms with E-state index in [0.29, 0.717) is 12.6 Å². The fourth-order valence-electron chi connectivity index (χ4n) is 2.91. The molecule has 3 rings (SSSR count). The molecule has 0 bridgehead atoms. The molecule has 19 heavy (non-hydrogen) atoms. The van der Waals surface area contributed by atoms with Crippen molar-refractivity contribution in [3.05, 3.63) is 29.3 Å². The van der Waals surface area contributed by atoms with E-state index in [9.17, 15) is 4.79 Å². The van der Waals surface area contributed by atoms with Gasteiger partial charge in [-0.25, -0.2) is 0 Å². The van der Waals surface area contributed by atoms with Crippen LogP contribution in [0, 0.1) is 0 Å². The lowest BCUT2D eigenvalue weighted by molar-refractivity contribution is -0.128. The van der Waals surface area contributed by atoms with Crippen molar-refractivity contribution in [3.63, 3.8) is 0 Å². The highest BCUT2D eigenvalue weighted by Gasteiger charge is 2.29. The lowest BCUT2D eigenvalue weighted by Gasteiger charge is -2.21. The molecule has 0 aliphatic heterocycles. The third kappa shape index (κ3) is 2.75. The number of hydrogen-bond donors (Lipinski definition) is 1. The Morgan fingerprint density at radius 1 is 1.32 bits per heavy atom. The van der Waals surface area contributed by atoms with Crippen LogP contribution in [0.2, 0.25) is 0 Å². The number of carbonyl (C=O) groups excluding carboxylic acids is 1. The molecular weight excluding hydrogens is 236 g/mol. The Labute approximate surface area is 115 Å². The molecule has 1 fully saturated rings. The van der Waals surface area contributed by atoms with Gasteiger partial charge in [-0.3, -0.25) is 4.79 Å². The zero-order valence-electron chi connectivity index (χ0n) is 11.6. The smallest absolute Gasteiger partial charge is 0.241 e. The molecule has 1 saturated carbocycles. The summed E-state index contributed by atoms with van der Waals surface area (Å²) in [5, 5.41) is 3.34. The van der Waals surface area contributed by atoms with E-state index in [2.05, 4.69) is 23.5 Å².